The highest BCUT2D eigenvalue weighted by Gasteiger charge is 2.30. The highest BCUT2D eigenvalue weighted by atomic mass is 19.4. The molecule has 10 heteroatoms. The second-order valence-electron chi connectivity index (χ2n) is 7.69. The quantitative estimate of drug-likeness (QED) is 0.610. The van der Waals surface area contributed by atoms with Crippen LogP contribution in [0.4, 0.5) is 24.8 Å². The van der Waals surface area contributed by atoms with Gasteiger partial charge in [0.1, 0.15) is 5.75 Å². The molecule has 1 aliphatic heterocycles. The molecule has 0 atom stereocenters. The summed E-state index contributed by atoms with van der Waals surface area (Å²) in [5.41, 5.74) is 0.277. The maximum Gasteiger partial charge on any atom is 0.416 e. The molecule has 4 rings (SSSR count). The number of ether oxygens (including phenoxy) is 1. The lowest BCUT2D eigenvalue weighted by molar-refractivity contribution is -0.137. The van der Waals surface area contributed by atoms with Gasteiger partial charge in [-0.2, -0.15) is 13.2 Å². The van der Waals surface area contributed by atoms with Crippen molar-refractivity contribution < 1.29 is 22.7 Å². The number of nitrogens with one attached hydrogen (secondary N) is 1. The standard InChI is InChI=1S/C23H24F3N5O2/c1-33-20-7-3-6-19(15-20)31-9-8-27-22(31)30-12-10-29(11-13-30)16-21(32)28-18-5-2-4-17(14-18)23(24,25)26/h2-9,14-15H,10-13,16H2,1H3,(H,28,32). The number of anilines is 2. The van der Waals surface area contributed by atoms with Gasteiger partial charge in [0.15, 0.2) is 0 Å². The predicted octanol–water partition coefficient (Wildman–Crippen LogP) is 3.66. The predicted molar refractivity (Wildman–Crippen MR) is 119 cm³/mol. The SMILES string of the molecule is COc1cccc(-n2ccnc2N2CCN(CC(=O)Nc3cccc(C(F)(F)F)c3)CC2)c1. The Bertz CT molecular complexity index is 1110. The summed E-state index contributed by atoms with van der Waals surface area (Å²) in [5, 5.41) is 2.56. The van der Waals surface area contributed by atoms with E-state index in [0.29, 0.717) is 26.2 Å². The first-order valence-electron chi connectivity index (χ1n) is 10.5. The molecule has 1 aromatic heterocycles. The zero-order valence-electron chi connectivity index (χ0n) is 18.0. The second-order valence-corrected chi connectivity index (χ2v) is 7.69. The number of imidazole rings is 1. The molecule has 0 saturated carbocycles. The van der Waals surface area contributed by atoms with Crippen LogP contribution in [0, 0.1) is 0 Å². The topological polar surface area (TPSA) is 62.6 Å². The van der Waals surface area contributed by atoms with Crippen molar-refractivity contribution in [3.8, 4) is 11.4 Å². The van der Waals surface area contributed by atoms with Gasteiger partial charge in [-0.15, -0.1) is 0 Å². The molecule has 0 bridgehead atoms. The number of rotatable bonds is 6. The molecule has 1 fully saturated rings. The van der Waals surface area contributed by atoms with Crippen molar-refractivity contribution in [3.63, 3.8) is 0 Å². The molecule has 0 aliphatic carbocycles. The average molecular weight is 459 g/mol. The van der Waals surface area contributed by atoms with Gasteiger partial charge in [0.2, 0.25) is 11.9 Å². The minimum atomic E-state index is -4.45. The van der Waals surface area contributed by atoms with Crippen LogP contribution in [0.2, 0.25) is 0 Å². The molecule has 1 N–H and O–H groups in total. The van der Waals surface area contributed by atoms with Gasteiger partial charge in [-0.3, -0.25) is 14.3 Å². The van der Waals surface area contributed by atoms with Crippen molar-refractivity contribution in [1.29, 1.82) is 0 Å². The first-order valence-corrected chi connectivity index (χ1v) is 10.5. The summed E-state index contributed by atoms with van der Waals surface area (Å²) in [6.07, 6.45) is -0.823. The number of aromatic nitrogens is 2. The maximum atomic E-state index is 12.9. The number of alkyl halides is 3. The zero-order chi connectivity index (χ0) is 23.4. The third kappa shape index (κ3) is 5.46. The molecule has 0 radical (unpaired) electrons. The lowest BCUT2D eigenvalue weighted by atomic mass is 10.2. The van der Waals surface area contributed by atoms with Crippen LogP contribution >= 0.6 is 0 Å². The molecule has 1 amide bonds. The fourth-order valence-electron chi connectivity index (χ4n) is 3.77. The monoisotopic (exact) mass is 459 g/mol. The van der Waals surface area contributed by atoms with E-state index in [1.54, 1.807) is 13.3 Å². The van der Waals surface area contributed by atoms with E-state index in [9.17, 15) is 18.0 Å². The van der Waals surface area contributed by atoms with E-state index in [1.807, 2.05) is 39.9 Å². The second kappa shape index (κ2) is 9.53. The Morgan fingerprint density at radius 1 is 1.09 bits per heavy atom. The summed E-state index contributed by atoms with van der Waals surface area (Å²) < 4.78 is 45.9. The third-order valence-corrected chi connectivity index (χ3v) is 5.45. The highest BCUT2D eigenvalue weighted by Crippen LogP contribution is 2.30. The summed E-state index contributed by atoms with van der Waals surface area (Å²) in [5.74, 6) is 1.21. The zero-order valence-corrected chi connectivity index (χ0v) is 18.0. The van der Waals surface area contributed by atoms with Gasteiger partial charge in [0, 0.05) is 50.3 Å². The van der Waals surface area contributed by atoms with Crippen molar-refractivity contribution >= 4 is 17.5 Å². The van der Waals surface area contributed by atoms with Gasteiger partial charge in [0.05, 0.1) is 24.9 Å². The van der Waals surface area contributed by atoms with Crippen molar-refractivity contribution in [2.75, 3.05) is 50.1 Å². The lowest BCUT2D eigenvalue weighted by Crippen LogP contribution is -2.49. The summed E-state index contributed by atoms with van der Waals surface area (Å²) in [4.78, 5) is 21.0. The molecule has 7 nitrogen and oxygen atoms in total. The molecule has 1 aliphatic rings. The van der Waals surface area contributed by atoms with Crippen LogP contribution in [0.1, 0.15) is 5.56 Å². The molecule has 33 heavy (non-hydrogen) atoms. The largest absolute Gasteiger partial charge is 0.497 e. The molecule has 0 spiro atoms. The molecule has 174 valence electrons. The summed E-state index contributed by atoms with van der Waals surface area (Å²) in [7, 11) is 1.62. The summed E-state index contributed by atoms with van der Waals surface area (Å²) in [6.45, 7) is 2.69. The van der Waals surface area contributed by atoms with Crippen molar-refractivity contribution in [2.24, 2.45) is 0 Å². The molecule has 2 aromatic carbocycles. The van der Waals surface area contributed by atoms with Crippen molar-refractivity contribution in [3.05, 3.63) is 66.5 Å². The van der Waals surface area contributed by atoms with Crippen LogP contribution in [0.5, 0.6) is 5.75 Å². The molecule has 2 heterocycles. The van der Waals surface area contributed by atoms with E-state index >= 15 is 0 Å². The lowest BCUT2D eigenvalue weighted by Gasteiger charge is -2.35. The Morgan fingerprint density at radius 3 is 2.58 bits per heavy atom. The molecular weight excluding hydrogens is 435 g/mol. The number of hydrogen-bond donors (Lipinski definition) is 1. The van der Waals surface area contributed by atoms with Gasteiger partial charge < -0.3 is 15.0 Å². The first-order chi connectivity index (χ1) is 15.8. The van der Waals surface area contributed by atoms with Gasteiger partial charge in [0.25, 0.3) is 0 Å². The normalized spacial score (nSPS) is 14.8. The smallest absolute Gasteiger partial charge is 0.416 e. The number of hydrogen-bond acceptors (Lipinski definition) is 5. The number of amides is 1. The number of carbonyl (C=O) groups excluding carboxylic acids is 1. The van der Waals surface area contributed by atoms with E-state index < -0.39 is 11.7 Å². The number of carbonyl (C=O) groups is 1. The summed E-state index contributed by atoms with van der Waals surface area (Å²) >= 11 is 0. The first kappa shape index (κ1) is 22.7. The molecule has 0 unspecified atom stereocenters. The molecule has 3 aromatic rings. The van der Waals surface area contributed by atoms with Crippen LogP contribution in [-0.4, -0.2) is 60.2 Å². The summed E-state index contributed by atoms with van der Waals surface area (Å²) in [6, 6.07) is 12.3. The van der Waals surface area contributed by atoms with Crippen molar-refractivity contribution in [1.82, 2.24) is 14.5 Å². The highest BCUT2D eigenvalue weighted by molar-refractivity contribution is 5.92. The van der Waals surface area contributed by atoms with Crippen LogP contribution in [-0.2, 0) is 11.0 Å². The van der Waals surface area contributed by atoms with E-state index in [1.165, 1.54) is 12.1 Å². The van der Waals surface area contributed by atoms with Gasteiger partial charge in [-0.05, 0) is 30.3 Å². The van der Waals surface area contributed by atoms with Gasteiger partial charge >= 0.3 is 6.18 Å². The Kier molecular flexibility index (Phi) is 6.55. The van der Waals surface area contributed by atoms with Crippen LogP contribution in [0.25, 0.3) is 5.69 Å². The number of nitrogens with zero attached hydrogens (tertiary/aromatic N) is 4. The molecule has 1 saturated heterocycles. The Labute approximate surface area is 189 Å². The van der Waals surface area contributed by atoms with Crippen LogP contribution in [0.15, 0.2) is 60.9 Å². The minimum absolute atomic E-state index is 0.106. The van der Waals surface area contributed by atoms with E-state index in [0.717, 1.165) is 29.5 Å². The van der Waals surface area contributed by atoms with Crippen LogP contribution < -0.4 is 15.0 Å². The van der Waals surface area contributed by atoms with E-state index in [-0.39, 0.29) is 18.1 Å². The number of halogens is 3. The van der Waals surface area contributed by atoms with Crippen molar-refractivity contribution in [2.45, 2.75) is 6.18 Å². The van der Waals surface area contributed by atoms with Gasteiger partial charge in [-0.1, -0.05) is 12.1 Å². The Morgan fingerprint density at radius 2 is 1.85 bits per heavy atom. The van der Waals surface area contributed by atoms with E-state index in [2.05, 4.69) is 15.2 Å². The minimum Gasteiger partial charge on any atom is -0.497 e. The third-order valence-electron chi connectivity index (χ3n) is 5.45. The Balaban J connectivity index is 1.34. The van der Waals surface area contributed by atoms with E-state index in [4.69, 9.17) is 4.74 Å². The number of piperazine rings is 1. The van der Waals surface area contributed by atoms with Gasteiger partial charge in [-0.25, -0.2) is 4.98 Å². The maximum absolute atomic E-state index is 12.9. The van der Waals surface area contributed by atoms with Crippen LogP contribution in [0.3, 0.4) is 0 Å². The fraction of sp³-hybridized carbons (Fsp3) is 0.304. The number of methoxy groups -OCH3 is 1. The Hall–Kier alpha value is -3.53. The molecular formula is C23H24F3N5O2. The fourth-order valence-corrected chi connectivity index (χ4v) is 3.77. The average Bonchev–Trinajstić information content (AvgIpc) is 3.29. The number of benzene rings is 2.